The van der Waals surface area contributed by atoms with E-state index in [-0.39, 0.29) is 28.0 Å². The second kappa shape index (κ2) is 14.4. The first kappa shape index (κ1) is 32.4. The number of benzene rings is 2. The molecule has 2 aromatic carbocycles. The fraction of sp³-hybridized carbons (Fsp3) is 0.172. The fourth-order valence-corrected chi connectivity index (χ4v) is 7.00. The van der Waals surface area contributed by atoms with Gasteiger partial charge in [0.1, 0.15) is 22.8 Å². The van der Waals surface area contributed by atoms with E-state index in [9.17, 15) is 24.3 Å². The molecule has 0 radical (unpaired) electrons. The molecule has 0 aliphatic carbocycles. The van der Waals surface area contributed by atoms with Crippen LogP contribution in [0.4, 0.5) is 5.13 Å². The maximum absolute atomic E-state index is 13.4. The Morgan fingerprint density at radius 3 is 2.33 bits per heavy atom. The quantitative estimate of drug-likeness (QED) is 0.111. The van der Waals surface area contributed by atoms with Gasteiger partial charge in [-0.3, -0.25) is 14.5 Å². The molecule has 2 amide bonds. The number of thioether (sulfide) groups is 1. The number of carboxylic acids is 1. The van der Waals surface area contributed by atoms with E-state index in [1.54, 1.807) is 6.08 Å². The number of carboxylic acid groups (broad SMARTS) is 1. The van der Waals surface area contributed by atoms with Crippen molar-refractivity contribution in [1.82, 2.24) is 15.2 Å². The highest BCUT2D eigenvalue weighted by atomic mass is 79.9. The molecule has 1 saturated heterocycles. The maximum Gasteiger partial charge on any atom is 0.352 e. The third-order valence-electron chi connectivity index (χ3n) is 6.54. The minimum atomic E-state index is -1.27. The molecule has 12 nitrogen and oxygen atoms in total. The molecule has 2 aliphatic rings. The van der Waals surface area contributed by atoms with Crippen molar-refractivity contribution in [2.45, 2.75) is 17.5 Å². The zero-order valence-corrected chi connectivity index (χ0v) is 27.8. The Morgan fingerprint density at radius 2 is 1.78 bits per heavy atom. The maximum atomic E-state index is 13.4. The minimum absolute atomic E-state index is 0.0652. The number of anilines is 1. The number of nitrogens with one attached hydrogen (secondary N) is 1. The van der Waals surface area contributed by atoms with E-state index < -0.39 is 47.9 Å². The van der Waals surface area contributed by atoms with Crippen LogP contribution in [0, 0.1) is 0 Å². The average molecular weight is 777 g/mol. The normalized spacial score (nSPS) is 17.7. The smallest absolute Gasteiger partial charge is 0.352 e. The largest absolute Gasteiger partial charge is 0.477 e. The van der Waals surface area contributed by atoms with Gasteiger partial charge in [0.2, 0.25) is 6.61 Å². The van der Waals surface area contributed by atoms with Crippen molar-refractivity contribution in [3.8, 4) is 0 Å². The number of hydrogen-bond donors (Lipinski definition) is 3. The van der Waals surface area contributed by atoms with Gasteiger partial charge in [0, 0.05) is 11.1 Å². The van der Waals surface area contributed by atoms with Gasteiger partial charge in [-0.25, -0.2) is 14.6 Å². The Labute approximate surface area is 281 Å². The second-order valence-electron chi connectivity index (χ2n) is 9.45. The molecule has 3 heterocycles. The second-order valence-corrected chi connectivity index (χ2v) is 14.2. The highest BCUT2D eigenvalue weighted by molar-refractivity contribution is 9.28. The van der Waals surface area contributed by atoms with Gasteiger partial charge in [0.15, 0.2) is 16.9 Å². The van der Waals surface area contributed by atoms with Crippen LogP contribution < -0.4 is 11.1 Å². The number of amides is 2. The summed E-state index contributed by atoms with van der Waals surface area (Å²) in [5, 5.41) is 17.2. The Morgan fingerprint density at radius 1 is 1.13 bits per heavy atom. The highest BCUT2D eigenvalue weighted by Gasteiger charge is 2.54. The Hall–Kier alpha value is -3.99. The van der Waals surface area contributed by atoms with Crippen molar-refractivity contribution in [2.75, 3.05) is 18.1 Å². The molecule has 3 aromatic rings. The molecule has 232 valence electrons. The first-order valence-corrected chi connectivity index (χ1v) is 16.6. The number of ether oxygens (including phenoxy) is 1. The number of carbonyl (C=O) groups is 4. The van der Waals surface area contributed by atoms with Crippen molar-refractivity contribution < 1.29 is 33.9 Å². The summed E-state index contributed by atoms with van der Waals surface area (Å²) >= 11 is 8.77. The SMILES string of the molecule is Nc1nc(/C(=N\OCC(=O)OC(c2ccccc2)c2ccccc2)C(=O)NC2C(=O)N3C(C(=O)O)=C(C=C(Br)Br)CS[C@H]23)cs1. The van der Waals surface area contributed by atoms with Crippen molar-refractivity contribution in [2.24, 2.45) is 5.16 Å². The topological polar surface area (TPSA) is 174 Å². The first-order valence-electron chi connectivity index (χ1n) is 13.1. The van der Waals surface area contributed by atoms with Gasteiger partial charge in [-0.15, -0.1) is 23.1 Å². The third kappa shape index (κ3) is 7.46. The van der Waals surface area contributed by atoms with Gasteiger partial charge in [0.05, 0.1) is 3.39 Å². The fourth-order valence-electron chi connectivity index (χ4n) is 4.60. The van der Waals surface area contributed by atoms with Gasteiger partial charge in [-0.05, 0) is 54.6 Å². The van der Waals surface area contributed by atoms with Crippen LogP contribution >= 0.6 is 55.0 Å². The van der Waals surface area contributed by atoms with E-state index in [0.29, 0.717) is 8.96 Å². The van der Waals surface area contributed by atoms with E-state index >= 15 is 0 Å². The van der Waals surface area contributed by atoms with Crippen LogP contribution in [0.2, 0.25) is 0 Å². The average Bonchev–Trinajstić information content (AvgIpc) is 3.46. The lowest BCUT2D eigenvalue weighted by atomic mass is 10.0. The number of oxime groups is 1. The van der Waals surface area contributed by atoms with Crippen LogP contribution in [0.15, 0.2) is 91.9 Å². The Bertz CT molecular complexity index is 1670. The van der Waals surface area contributed by atoms with Crippen LogP contribution in [0.3, 0.4) is 0 Å². The number of carbonyl (C=O) groups excluding carboxylic acids is 3. The molecule has 16 heteroatoms. The number of nitrogens with zero attached hydrogens (tertiary/aromatic N) is 3. The van der Waals surface area contributed by atoms with Crippen molar-refractivity contribution >= 4 is 89.6 Å². The molecule has 4 N–H and O–H groups in total. The molecular weight excluding hydrogens is 754 g/mol. The summed E-state index contributed by atoms with van der Waals surface area (Å²) < 4.78 is 6.24. The number of aromatic nitrogens is 1. The third-order valence-corrected chi connectivity index (χ3v) is 8.98. The summed E-state index contributed by atoms with van der Waals surface area (Å²) in [7, 11) is 0. The summed E-state index contributed by atoms with van der Waals surface area (Å²) in [4.78, 5) is 61.8. The number of aliphatic carboxylic acids is 1. The predicted octanol–water partition coefficient (Wildman–Crippen LogP) is 4.15. The van der Waals surface area contributed by atoms with Crippen LogP contribution in [0.1, 0.15) is 22.9 Å². The van der Waals surface area contributed by atoms with Gasteiger partial charge < -0.3 is 25.7 Å². The molecule has 2 aliphatic heterocycles. The summed E-state index contributed by atoms with van der Waals surface area (Å²) in [6, 6.07) is 17.3. The number of nitrogen functional groups attached to an aromatic ring is 1. The number of halogens is 2. The van der Waals surface area contributed by atoms with E-state index in [4.69, 9.17) is 15.3 Å². The molecule has 0 bridgehead atoms. The van der Waals surface area contributed by atoms with Gasteiger partial charge in [-0.2, -0.15) is 0 Å². The molecule has 1 fully saturated rings. The molecule has 45 heavy (non-hydrogen) atoms. The number of hydrogen-bond acceptors (Lipinski definition) is 11. The van der Waals surface area contributed by atoms with Crippen LogP contribution in [-0.4, -0.2) is 68.2 Å². The van der Waals surface area contributed by atoms with Crippen molar-refractivity contribution in [1.29, 1.82) is 0 Å². The van der Waals surface area contributed by atoms with Gasteiger partial charge in [-0.1, -0.05) is 65.8 Å². The van der Waals surface area contributed by atoms with Crippen LogP contribution in [0.5, 0.6) is 0 Å². The predicted molar refractivity (Wildman–Crippen MR) is 175 cm³/mol. The number of thiazole rings is 1. The van der Waals surface area contributed by atoms with E-state index in [0.717, 1.165) is 27.4 Å². The number of nitrogens with two attached hydrogens (primary N) is 1. The number of rotatable bonds is 11. The summed E-state index contributed by atoms with van der Waals surface area (Å²) in [5.41, 5.74) is 7.26. The van der Waals surface area contributed by atoms with Crippen LogP contribution in [0.25, 0.3) is 0 Å². The molecule has 1 unspecified atom stereocenters. The molecule has 0 saturated carbocycles. The highest BCUT2D eigenvalue weighted by Crippen LogP contribution is 2.41. The summed E-state index contributed by atoms with van der Waals surface area (Å²) in [6.45, 7) is -0.632. The Kier molecular flexibility index (Phi) is 10.4. The van der Waals surface area contributed by atoms with E-state index in [1.807, 2.05) is 60.7 Å². The Balaban J connectivity index is 1.29. The minimum Gasteiger partial charge on any atom is -0.477 e. The zero-order chi connectivity index (χ0) is 32.1. The molecule has 1 aromatic heterocycles. The number of esters is 1. The lowest BCUT2D eigenvalue weighted by Crippen LogP contribution is -2.71. The van der Waals surface area contributed by atoms with Gasteiger partial charge in [0.25, 0.3) is 11.8 Å². The molecular formula is C29H23Br2N5O7S2. The molecule has 0 spiro atoms. The number of allylic oxidation sites excluding steroid dienone is 1. The lowest BCUT2D eigenvalue weighted by molar-refractivity contribution is -0.153. The lowest BCUT2D eigenvalue weighted by Gasteiger charge is -2.49. The number of fused-ring (bicyclic) bond motifs is 1. The summed E-state index contributed by atoms with van der Waals surface area (Å²) in [5.74, 6) is -3.17. The monoisotopic (exact) mass is 775 g/mol. The van der Waals surface area contributed by atoms with Gasteiger partial charge >= 0.3 is 11.9 Å². The summed E-state index contributed by atoms with van der Waals surface area (Å²) in [6.07, 6.45) is 0.860. The first-order chi connectivity index (χ1) is 21.6. The zero-order valence-electron chi connectivity index (χ0n) is 23.0. The van der Waals surface area contributed by atoms with Crippen molar-refractivity contribution in [3.05, 3.63) is 104 Å². The molecule has 5 rings (SSSR count). The standard InChI is InChI=1S/C29H23Br2N5O7S2/c30-19(31)11-17-13-44-27-22(26(39)36(27)23(17)28(40)41)34-25(38)21(18-14-45-29(32)33-18)35-42-12-20(37)43-24(15-7-3-1-4-8-15)16-9-5-2-6-10-16/h1-11,14,22,24,27H,12-13H2,(H2,32,33)(H,34,38)(H,40,41)/b35-21+/t22?,27-/m1/s1. The van der Waals surface area contributed by atoms with E-state index in [1.165, 1.54) is 17.1 Å². The van der Waals surface area contributed by atoms with E-state index in [2.05, 4.69) is 47.3 Å². The number of β-lactam (4-membered cyclic amide) rings is 1. The van der Waals surface area contributed by atoms with Crippen molar-refractivity contribution in [3.63, 3.8) is 0 Å². The molecule has 2 atom stereocenters. The van der Waals surface area contributed by atoms with Crippen LogP contribution in [-0.2, 0) is 28.8 Å².